The Hall–Kier alpha value is -0.910. The van der Waals surface area contributed by atoms with Crippen molar-refractivity contribution in [2.24, 2.45) is 0 Å². The molecular formula is C7H13NO4S. The fourth-order valence-electron chi connectivity index (χ4n) is 0.650. The molecule has 0 aliphatic heterocycles. The molecule has 0 heterocycles. The first kappa shape index (κ1) is 12.1. The van der Waals surface area contributed by atoms with Crippen molar-refractivity contribution in [1.29, 1.82) is 0 Å². The lowest BCUT2D eigenvalue weighted by molar-refractivity contribution is -0.133. The van der Waals surface area contributed by atoms with Crippen molar-refractivity contribution in [1.82, 2.24) is 5.32 Å². The van der Waals surface area contributed by atoms with Crippen molar-refractivity contribution in [2.75, 3.05) is 18.1 Å². The molecule has 5 nitrogen and oxygen atoms in total. The number of nitrogens with one attached hydrogen (secondary N) is 1. The molecule has 0 saturated carbocycles. The van der Waals surface area contributed by atoms with E-state index in [1.165, 1.54) is 0 Å². The van der Waals surface area contributed by atoms with Gasteiger partial charge in [0.15, 0.2) is 0 Å². The van der Waals surface area contributed by atoms with Gasteiger partial charge >= 0.3 is 5.97 Å². The minimum Gasteiger partial charge on any atom is -0.481 e. The Morgan fingerprint density at radius 2 is 2.00 bits per heavy atom. The number of carboxylic acid groups (broad SMARTS) is 1. The fraction of sp³-hybridized carbons (Fsp3) is 0.714. The molecule has 1 atom stereocenters. The highest BCUT2D eigenvalue weighted by Crippen LogP contribution is 1.83. The maximum atomic E-state index is 10.9. The van der Waals surface area contributed by atoms with Gasteiger partial charge in [-0.1, -0.05) is 6.92 Å². The predicted molar refractivity (Wildman–Crippen MR) is 48.8 cm³/mol. The average Bonchev–Trinajstić information content (AvgIpc) is 1.98. The quantitative estimate of drug-likeness (QED) is 0.606. The van der Waals surface area contributed by atoms with Crippen molar-refractivity contribution in [2.45, 2.75) is 13.3 Å². The number of amides is 1. The maximum absolute atomic E-state index is 10.9. The normalized spacial score (nSPS) is 12.1. The van der Waals surface area contributed by atoms with E-state index in [1.807, 2.05) is 6.92 Å². The number of aliphatic carboxylic acids is 1. The van der Waals surface area contributed by atoms with Crippen LogP contribution in [0.15, 0.2) is 0 Å². The molecule has 2 N–H and O–H groups in total. The fourth-order valence-corrected chi connectivity index (χ4v) is 1.42. The van der Waals surface area contributed by atoms with Crippen LogP contribution >= 0.6 is 0 Å². The zero-order chi connectivity index (χ0) is 10.3. The summed E-state index contributed by atoms with van der Waals surface area (Å²) in [4.78, 5) is 21.0. The first-order valence-corrected chi connectivity index (χ1v) is 5.38. The smallest absolute Gasteiger partial charge is 0.316 e. The second-order valence-electron chi connectivity index (χ2n) is 2.47. The van der Waals surface area contributed by atoms with Gasteiger partial charge in [0.25, 0.3) is 0 Å². The maximum Gasteiger partial charge on any atom is 0.316 e. The third kappa shape index (κ3) is 7.45. The molecule has 0 saturated heterocycles. The van der Waals surface area contributed by atoms with Gasteiger partial charge in [0.05, 0.1) is 0 Å². The van der Waals surface area contributed by atoms with Crippen LogP contribution in [-0.4, -0.2) is 39.2 Å². The first-order chi connectivity index (χ1) is 6.06. The van der Waals surface area contributed by atoms with Crippen molar-refractivity contribution in [3.05, 3.63) is 0 Å². The molecule has 0 aromatic rings. The minimum atomic E-state index is -1.60. The lowest BCUT2D eigenvalue weighted by atomic mass is 10.5. The highest BCUT2D eigenvalue weighted by molar-refractivity contribution is 7.86. The molecule has 1 amide bonds. The summed E-state index contributed by atoms with van der Waals surface area (Å²) in [5, 5.41) is 10.8. The Morgan fingerprint density at radius 1 is 1.38 bits per heavy atom. The summed E-state index contributed by atoms with van der Waals surface area (Å²) in [5.74, 6) is -2.21. The van der Waals surface area contributed by atoms with Crippen molar-refractivity contribution >= 4 is 22.7 Å². The highest BCUT2D eigenvalue weighted by atomic mass is 32.2. The van der Waals surface area contributed by atoms with Gasteiger partial charge in [0.2, 0.25) is 5.91 Å². The molecular weight excluding hydrogens is 194 g/mol. The number of carboxylic acids is 1. The van der Waals surface area contributed by atoms with Crippen LogP contribution < -0.4 is 5.32 Å². The van der Waals surface area contributed by atoms with Crippen LogP contribution in [0.1, 0.15) is 13.3 Å². The number of carbonyl (C=O) groups is 2. The Morgan fingerprint density at radius 3 is 2.46 bits per heavy atom. The Balaban J connectivity index is 3.65. The van der Waals surface area contributed by atoms with E-state index >= 15 is 0 Å². The van der Waals surface area contributed by atoms with Gasteiger partial charge in [-0.05, 0) is 6.42 Å². The van der Waals surface area contributed by atoms with E-state index in [0.29, 0.717) is 6.54 Å². The SMILES string of the molecule is CCCNC(=O)CS(=O)CC(=O)O. The van der Waals surface area contributed by atoms with Crippen LogP contribution in [-0.2, 0) is 20.4 Å². The molecule has 0 aromatic heterocycles. The molecule has 0 rings (SSSR count). The van der Waals surface area contributed by atoms with Gasteiger partial charge in [-0.25, -0.2) is 0 Å². The van der Waals surface area contributed by atoms with Crippen LogP contribution in [0.2, 0.25) is 0 Å². The Bertz CT molecular complexity index is 217. The van der Waals surface area contributed by atoms with E-state index in [-0.39, 0.29) is 11.7 Å². The second kappa shape index (κ2) is 6.59. The van der Waals surface area contributed by atoms with Crippen molar-refractivity contribution in [3.63, 3.8) is 0 Å². The third-order valence-corrected chi connectivity index (χ3v) is 2.30. The number of hydrogen-bond donors (Lipinski definition) is 2. The molecule has 0 bridgehead atoms. The second-order valence-corrected chi connectivity index (χ2v) is 3.93. The summed E-state index contributed by atoms with van der Waals surface area (Å²) < 4.78 is 10.9. The highest BCUT2D eigenvalue weighted by Gasteiger charge is 2.10. The number of rotatable bonds is 6. The van der Waals surface area contributed by atoms with Gasteiger partial charge in [-0.15, -0.1) is 0 Å². The summed E-state index contributed by atoms with van der Waals surface area (Å²) in [6.07, 6.45) is 0.803. The summed E-state index contributed by atoms with van der Waals surface area (Å²) in [5.41, 5.74) is 0. The molecule has 0 aliphatic rings. The van der Waals surface area contributed by atoms with E-state index in [2.05, 4.69) is 5.32 Å². The molecule has 6 heteroatoms. The summed E-state index contributed by atoms with van der Waals surface area (Å²) in [6, 6.07) is 0. The van der Waals surface area contributed by atoms with Gasteiger partial charge < -0.3 is 10.4 Å². The third-order valence-electron chi connectivity index (χ3n) is 1.15. The zero-order valence-corrected chi connectivity index (χ0v) is 8.23. The van der Waals surface area contributed by atoms with Gasteiger partial charge in [-0.3, -0.25) is 13.8 Å². The van der Waals surface area contributed by atoms with E-state index in [9.17, 15) is 13.8 Å². The number of hydrogen-bond acceptors (Lipinski definition) is 3. The molecule has 0 fully saturated rings. The van der Waals surface area contributed by atoms with Gasteiger partial charge in [-0.2, -0.15) is 0 Å². The standard InChI is InChI=1S/C7H13NO4S/c1-2-3-8-6(9)4-13(12)5-7(10)11/h2-5H2,1H3,(H,8,9)(H,10,11). The van der Waals surface area contributed by atoms with Crippen LogP contribution in [0.3, 0.4) is 0 Å². The molecule has 1 unspecified atom stereocenters. The minimum absolute atomic E-state index is 0.230. The summed E-state index contributed by atoms with van der Waals surface area (Å²) >= 11 is 0. The molecule has 0 spiro atoms. The van der Waals surface area contributed by atoms with Gasteiger partial charge in [0, 0.05) is 17.3 Å². The first-order valence-electron chi connectivity index (χ1n) is 3.89. The molecule has 0 radical (unpaired) electrons. The zero-order valence-electron chi connectivity index (χ0n) is 7.41. The van der Waals surface area contributed by atoms with E-state index < -0.39 is 22.5 Å². The topological polar surface area (TPSA) is 83.5 Å². The van der Waals surface area contributed by atoms with Crippen LogP contribution in [0.5, 0.6) is 0 Å². The van der Waals surface area contributed by atoms with Crippen LogP contribution in [0.25, 0.3) is 0 Å². The Kier molecular flexibility index (Phi) is 6.13. The average molecular weight is 207 g/mol. The molecule has 0 aliphatic carbocycles. The Labute approximate surface area is 79.0 Å². The lowest BCUT2D eigenvalue weighted by Crippen LogP contribution is -2.30. The summed E-state index contributed by atoms with van der Waals surface area (Å²) in [6.45, 7) is 2.43. The number of carbonyl (C=O) groups excluding carboxylic acids is 1. The van der Waals surface area contributed by atoms with E-state index in [1.54, 1.807) is 0 Å². The van der Waals surface area contributed by atoms with E-state index in [4.69, 9.17) is 5.11 Å². The van der Waals surface area contributed by atoms with Crippen LogP contribution in [0, 0.1) is 0 Å². The lowest BCUT2D eigenvalue weighted by Gasteiger charge is -2.01. The van der Waals surface area contributed by atoms with Crippen molar-refractivity contribution in [3.8, 4) is 0 Å². The van der Waals surface area contributed by atoms with Crippen LogP contribution in [0.4, 0.5) is 0 Å². The molecule has 13 heavy (non-hydrogen) atoms. The summed E-state index contributed by atoms with van der Waals surface area (Å²) in [7, 11) is -1.60. The monoisotopic (exact) mass is 207 g/mol. The molecule has 76 valence electrons. The van der Waals surface area contributed by atoms with Crippen molar-refractivity contribution < 1.29 is 18.9 Å². The van der Waals surface area contributed by atoms with Gasteiger partial charge in [0.1, 0.15) is 11.5 Å². The van der Waals surface area contributed by atoms with E-state index in [0.717, 1.165) is 6.42 Å². The largest absolute Gasteiger partial charge is 0.481 e. The molecule has 0 aromatic carbocycles. The predicted octanol–water partition coefficient (Wildman–Crippen LogP) is -0.654.